The van der Waals surface area contributed by atoms with Gasteiger partial charge >= 0.3 is 0 Å². The summed E-state index contributed by atoms with van der Waals surface area (Å²) in [7, 11) is 2.15. The van der Waals surface area contributed by atoms with Gasteiger partial charge in [0.15, 0.2) is 0 Å². The molecule has 1 saturated carbocycles. The minimum Gasteiger partial charge on any atom is -0.326 e. The molecule has 0 aromatic heterocycles. The van der Waals surface area contributed by atoms with Crippen LogP contribution in [0.1, 0.15) is 44.6 Å². The summed E-state index contributed by atoms with van der Waals surface area (Å²) in [5, 5.41) is 4.03. The predicted molar refractivity (Wildman–Crippen MR) is 122 cm³/mol. The van der Waals surface area contributed by atoms with Crippen LogP contribution in [-0.4, -0.2) is 23.9 Å². The number of halogens is 3. The summed E-state index contributed by atoms with van der Waals surface area (Å²) >= 11 is 12.2. The van der Waals surface area contributed by atoms with Crippen LogP contribution >= 0.6 is 23.2 Å². The molecule has 162 valence electrons. The Morgan fingerprint density at radius 2 is 1.83 bits per heavy atom. The lowest BCUT2D eigenvalue weighted by molar-refractivity contribution is -0.119. The Morgan fingerprint density at radius 1 is 1.13 bits per heavy atom. The predicted octanol–water partition coefficient (Wildman–Crippen LogP) is 6.79. The lowest BCUT2D eigenvalue weighted by atomic mass is 9.76. The van der Waals surface area contributed by atoms with E-state index in [1.165, 1.54) is 31.4 Å². The minimum atomic E-state index is -0.311. The smallest absolute Gasteiger partial charge is 0.227 e. The molecule has 0 bridgehead atoms. The van der Waals surface area contributed by atoms with Crippen molar-refractivity contribution in [3.05, 3.63) is 63.9 Å². The van der Waals surface area contributed by atoms with Crippen LogP contribution in [0.5, 0.6) is 0 Å². The lowest BCUT2D eigenvalue weighted by Crippen LogP contribution is -2.41. The summed E-state index contributed by atoms with van der Waals surface area (Å²) in [4.78, 5) is 14.9. The van der Waals surface area contributed by atoms with Crippen molar-refractivity contribution in [1.82, 2.24) is 4.90 Å². The van der Waals surface area contributed by atoms with Gasteiger partial charge in [-0.2, -0.15) is 0 Å². The average Bonchev–Trinajstić information content (AvgIpc) is 2.67. The number of nitrogens with one attached hydrogen (secondary N) is 1. The molecular formula is C24H29Cl2FN2O. The second kappa shape index (κ2) is 10.6. The van der Waals surface area contributed by atoms with E-state index in [2.05, 4.69) is 17.3 Å². The van der Waals surface area contributed by atoms with Gasteiger partial charge in [0.2, 0.25) is 5.91 Å². The van der Waals surface area contributed by atoms with Gasteiger partial charge in [0.25, 0.3) is 0 Å². The largest absolute Gasteiger partial charge is 0.326 e. The number of carbonyl (C=O) groups is 1. The summed E-state index contributed by atoms with van der Waals surface area (Å²) in [6.07, 6.45) is 5.53. The number of nitrogens with zero attached hydrogens (tertiary/aromatic N) is 1. The Bertz CT molecular complexity index is 855. The van der Waals surface area contributed by atoms with Crippen LogP contribution in [0.3, 0.4) is 0 Å². The van der Waals surface area contributed by atoms with Crippen LogP contribution in [-0.2, 0) is 11.3 Å². The molecule has 1 aliphatic rings. The first-order valence-corrected chi connectivity index (χ1v) is 11.3. The second-order valence-corrected chi connectivity index (χ2v) is 9.21. The fourth-order valence-electron chi connectivity index (χ4n) is 4.03. The van der Waals surface area contributed by atoms with Crippen molar-refractivity contribution in [3.8, 4) is 0 Å². The quantitative estimate of drug-likeness (QED) is 0.455. The molecule has 6 heteroatoms. The molecule has 0 radical (unpaired) electrons. The van der Waals surface area contributed by atoms with E-state index >= 15 is 0 Å². The number of benzene rings is 2. The Morgan fingerprint density at radius 3 is 2.43 bits per heavy atom. The van der Waals surface area contributed by atoms with Gasteiger partial charge in [-0.1, -0.05) is 42.6 Å². The molecule has 2 aromatic carbocycles. The molecule has 0 saturated heterocycles. The third kappa shape index (κ3) is 6.19. The summed E-state index contributed by atoms with van der Waals surface area (Å²) in [6, 6.07) is 12.1. The Labute approximate surface area is 188 Å². The zero-order chi connectivity index (χ0) is 21.7. The van der Waals surface area contributed by atoms with Gasteiger partial charge in [-0.3, -0.25) is 9.69 Å². The number of hydrogen-bond donors (Lipinski definition) is 1. The van der Waals surface area contributed by atoms with Crippen LogP contribution in [0, 0.1) is 17.7 Å². The van der Waals surface area contributed by atoms with Gasteiger partial charge in [0, 0.05) is 24.2 Å². The SMILES string of the molecule is C[C@@H](CCC(C1CCC1)N(C)Cc1ccc(Cl)c(Cl)c1)C(=O)Nc1ccc(F)cc1. The van der Waals surface area contributed by atoms with Crippen molar-refractivity contribution in [1.29, 1.82) is 0 Å². The zero-order valence-electron chi connectivity index (χ0n) is 17.5. The highest BCUT2D eigenvalue weighted by Gasteiger charge is 2.31. The maximum atomic E-state index is 13.0. The van der Waals surface area contributed by atoms with Crippen molar-refractivity contribution in [3.63, 3.8) is 0 Å². The molecule has 2 aromatic rings. The number of hydrogen-bond acceptors (Lipinski definition) is 2. The fourth-order valence-corrected chi connectivity index (χ4v) is 4.36. The monoisotopic (exact) mass is 450 g/mol. The summed E-state index contributed by atoms with van der Waals surface area (Å²) in [6.45, 7) is 2.75. The molecule has 2 atom stereocenters. The van der Waals surface area contributed by atoms with Gasteiger partial charge in [0.1, 0.15) is 5.82 Å². The van der Waals surface area contributed by atoms with E-state index in [1.54, 1.807) is 12.1 Å². The molecular weight excluding hydrogens is 422 g/mol. The highest BCUT2D eigenvalue weighted by Crippen LogP contribution is 2.35. The van der Waals surface area contributed by atoms with Crippen LogP contribution in [0.15, 0.2) is 42.5 Å². The normalized spacial score (nSPS) is 16.2. The maximum Gasteiger partial charge on any atom is 0.227 e. The van der Waals surface area contributed by atoms with E-state index in [-0.39, 0.29) is 17.6 Å². The fraction of sp³-hybridized carbons (Fsp3) is 0.458. The van der Waals surface area contributed by atoms with Gasteiger partial charge in [0.05, 0.1) is 10.0 Å². The third-order valence-electron chi connectivity index (χ3n) is 6.13. The molecule has 0 spiro atoms. The Kier molecular flexibility index (Phi) is 8.15. The standard InChI is InChI=1S/C24H29Cl2FN2O/c1-16(24(30)28-20-10-8-19(27)9-11-20)6-13-23(18-4-3-5-18)29(2)15-17-7-12-21(25)22(26)14-17/h7-12,14,16,18,23H,3-6,13,15H2,1-2H3,(H,28,30)/t16-,23?/m0/s1. The molecule has 30 heavy (non-hydrogen) atoms. The minimum absolute atomic E-state index is 0.0268. The number of amides is 1. The van der Waals surface area contributed by atoms with Crippen LogP contribution in [0.25, 0.3) is 0 Å². The van der Waals surface area contributed by atoms with Crippen molar-refractivity contribution >= 4 is 34.8 Å². The van der Waals surface area contributed by atoms with Gasteiger partial charge in [-0.15, -0.1) is 0 Å². The van der Waals surface area contributed by atoms with Crippen LogP contribution in [0.2, 0.25) is 10.0 Å². The van der Waals surface area contributed by atoms with Gasteiger partial charge < -0.3 is 5.32 Å². The van der Waals surface area contributed by atoms with Crippen molar-refractivity contribution < 1.29 is 9.18 Å². The molecule has 0 heterocycles. The van der Waals surface area contributed by atoms with Gasteiger partial charge in [-0.25, -0.2) is 4.39 Å². The first-order valence-electron chi connectivity index (χ1n) is 10.5. The maximum absolute atomic E-state index is 13.0. The van der Waals surface area contributed by atoms with Gasteiger partial charge in [-0.05, 0) is 80.6 Å². The molecule has 1 unspecified atom stereocenters. The topological polar surface area (TPSA) is 32.3 Å². The summed E-state index contributed by atoms with van der Waals surface area (Å²) < 4.78 is 13.0. The number of anilines is 1. The molecule has 1 aliphatic carbocycles. The molecule has 1 N–H and O–H groups in total. The average molecular weight is 451 g/mol. The van der Waals surface area contributed by atoms with Crippen molar-refractivity contribution in [2.24, 2.45) is 11.8 Å². The van der Waals surface area contributed by atoms with Crippen molar-refractivity contribution in [2.45, 2.75) is 51.6 Å². The van der Waals surface area contributed by atoms with Crippen molar-refractivity contribution in [2.75, 3.05) is 12.4 Å². The number of carbonyl (C=O) groups excluding carboxylic acids is 1. The Hall–Kier alpha value is -1.62. The second-order valence-electron chi connectivity index (χ2n) is 8.40. The molecule has 1 fully saturated rings. The van der Waals surface area contributed by atoms with E-state index < -0.39 is 0 Å². The van der Waals surface area contributed by atoms with E-state index in [0.717, 1.165) is 24.9 Å². The molecule has 1 amide bonds. The highest BCUT2D eigenvalue weighted by molar-refractivity contribution is 6.42. The van der Waals surface area contributed by atoms with Crippen LogP contribution < -0.4 is 5.32 Å². The molecule has 0 aliphatic heterocycles. The molecule has 3 nitrogen and oxygen atoms in total. The van der Waals surface area contributed by atoms with E-state index in [0.29, 0.717) is 27.7 Å². The molecule has 3 rings (SSSR count). The Balaban J connectivity index is 1.56. The lowest BCUT2D eigenvalue weighted by Gasteiger charge is -2.40. The number of rotatable bonds is 9. The van der Waals surface area contributed by atoms with E-state index in [9.17, 15) is 9.18 Å². The highest BCUT2D eigenvalue weighted by atomic mass is 35.5. The van der Waals surface area contributed by atoms with Crippen LogP contribution in [0.4, 0.5) is 10.1 Å². The summed E-state index contributed by atoms with van der Waals surface area (Å²) in [5.41, 5.74) is 1.76. The third-order valence-corrected chi connectivity index (χ3v) is 6.87. The van der Waals surface area contributed by atoms with E-state index in [1.807, 2.05) is 25.1 Å². The first kappa shape index (κ1) is 23.1. The summed E-state index contributed by atoms with van der Waals surface area (Å²) in [5.74, 6) is 0.219. The van der Waals surface area contributed by atoms with E-state index in [4.69, 9.17) is 23.2 Å². The zero-order valence-corrected chi connectivity index (χ0v) is 19.0. The first-order chi connectivity index (χ1) is 14.3.